The summed E-state index contributed by atoms with van der Waals surface area (Å²) < 4.78 is 0.712. The largest absolute Gasteiger partial charge is 0.507 e. The van der Waals surface area contributed by atoms with Gasteiger partial charge in [-0.2, -0.15) is 0 Å². The van der Waals surface area contributed by atoms with Gasteiger partial charge in [-0.1, -0.05) is 35.8 Å². The van der Waals surface area contributed by atoms with Crippen LogP contribution in [0.4, 0.5) is 0 Å². The maximum Gasteiger partial charge on any atom is 0.252 e. The lowest BCUT2D eigenvalue weighted by Gasteiger charge is -2.07. The highest BCUT2D eigenvalue weighted by Gasteiger charge is 2.08. The van der Waals surface area contributed by atoms with E-state index in [1.165, 1.54) is 18.2 Å². The van der Waals surface area contributed by atoms with Crippen LogP contribution in [0.2, 0.25) is 0 Å². The summed E-state index contributed by atoms with van der Waals surface area (Å²) in [6.07, 6.45) is 0.876. The first-order valence-corrected chi connectivity index (χ1v) is 8.31. The fourth-order valence-electron chi connectivity index (χ4n) is 2.08. The quantitative estimate of drug-likeness (QED) is 0.619. The number of hydrogen-bond donors (Lipinski definition) is 4. The van der Waals surface area contributed by atoms with E-state index in [2.05, 4.69) is 29.8 Å². The maximum absolute atomic E-state index is 10.9. The summed E-state index contributed by atoms with van der Waals surface area (Å²) >= 11 is 3.15. The maximum atomic E-state index is 10.9. The fourth-order valence-corrected chi connectivity index (χ4v) is 2.45. The van der Waals surface area contributed by atoms with Gasteiger partial charge in [0.15, 0.2) is 0 Å². The highest BCUT2D eigenvalue weighted by molar-refractivity contribution is 9.10. The molecule has 0 heterocycles. The Labute approximate surface area is 154 Å². The highest BCUT2D eigenvalue weighted by atomic mass is 79.9. The lowest BCUT2D eigenvalue weighted by atomic mass is 10.0. The van der Waals surface area contributed by atoms with Crippen molar-refractivity contribution in [2.45, 2.75) is 20.3 Å². The standard InChI is InChI=1S/C11H15NO2.C7H6BrNO2/c1-7(2)5-8-3-4-10(13)9(6-8)11(12)14;8-4-1-2-6(10)5(3-4)7(9)11/h3-4,6-7,13H,5H2,1-2H3,(H2,12,14);1-3,10H,(H2,9,11). The van der Waals surface area contributed by atoms with Gasteiger partial charge in [-0.15, -0.1) is 0 Å². The van der Waals surface area contributed by atoms with Gasteiger partial charge in [0.2, 0.25) is 0 Å². The molecule has 0 aliphatic heterocycles. The third-order valence-electron chi connectivity index (χ3n) is 3.19. The number of halogens is 1. The minimum absolute atomic E-state index is 0.0509. The molecule has 134 valence electrons. The van der Waals surface area contributed by atoms with Crippen LogP contribution in [0.15, 0.2) is 40.9 Å². The van der Waals surface area contributed by atoms with Crippen LogP contribution in [0.1, 0.15) is 40.1 Å². The Morgan fingerprint density at radius 2 is 1.44 bits per heavy atom. The fraction of sp³-hybridized carbons (Fsp3) is 0.222. The Kier molecular flexibility index (Phi) is 7.44. The summed E-state index contributed by atoms with van der Waals surface area (Å²) in [5.41, 5.74) is 11.4. The monoisotopic (exact) mass is 408 g/mol. The zero-order chi connectivity index (χ0) is 19.1. The molecule has 0 saturated carbocycles. The molecule has 0 radical (unpaired) electrons. The summed E-state index contributed by atoms with van der Waals surface area (Å²) in [7, 11) is 0. The average molecular weight is 409 g/mol. The molecule has 0 saturated heterocycles. The summed E-state index contributed by atoms with van der Waals surface area (Å²) in [4.78, 5) is 21.5. The van der Waals surface area contributed by atoms with Crippen LogP contribution < -0.4 is 11.5 Å². The molecule has 0 fully saturated rings. The molecule has 2 aromatic rings. The predicted octanol–water partition coefficient (Wildman–Crippen LogP) is 2.94. The number of aromatic hydroxyl groups is 2. The van der Waals surface area contributed by atoms with E-state index >= 15 is 0 Å². The summed E-state index contributed by atoms with van der Waals surface area (Å²) in [6, 6.07) is 9.47. The molecular weight excluding hydrogens is 388 g/mol. The molecule has 0 aliphatic carbocycles. The first kappa shape index (κ1) is 20.5. The van der Waals surface area contributed by atoms with E-state index < -0.39 is 11.8 Å². The van der Waals surface area contributed by atoms with Crippen LogP contribution in [0, 0.1) is 5.92 Å². The van der Waals surface area contributed by atoms with Crippen LogP contribution in [-0.4, -0.2) is 22.0 Å². The number of primary amides is 2. The van der Waals surface area contributed by atoms with Gasteiger partial charge in [0.05, 0.1) is 11.1 Å². The van der Waals surface area contributed by atoms with Gasteiger partial charge in [-0.05, 0) is 48.2 Å². The van der Waals surface area contributed by atoms with Crippen LogP contribution >= 0.6 is 15.9 Å². The Morgan fingerprint density at radius 1 is 0.960 bits per heavy atom. The molecule has 25 heavy (non-hydrogen) atoms. The molecule has 0 bridgehead atoms. The van der Waals surface area contributed by atoms with Crippen LogP contribution in [-0.2, 0) is 6.42 Å². The zero-order valence-corrected chi connectivity index (χ0v) is 15.6. The number of phenols is 2. The molecule has 2 aromatic carbocycles. The Bertz CT molecular complexity index is 776. The van der Waals surface area contributed by atoms with Gasteiger partial charge in [-0.3, -0.25) is 9.59 Å². The SMILES string of the molecule is CC(C)Cc1ccc(O)c(C(N)=O)c1.NC(=O)c1cc(Br)ccc1O. The Hall–Kier alpha value is -2.54. The van der Waals surface area contributed by atoms with Gasteiger partial charge >= 0.3 is 0 Å². The van der Waals surface area contributed by atoms with Gasteiger partial charge in [0, 0.05) is 4.47 Å². The van der Waals surface area contributed by atoms with E-state index in [0.717, 1.165) is 12.0 Å². The number of nitrogens with two attached hydrogens (primary N) is 2. The normalized spacial score (nSPS) is 10.1. The third kappa shape index (κ3) is 6.46. The van der Waals surface area contributed by atoms with Gasteiger partial charge in [0.1, 0.15) is 11.5 Å². The molecular formula is C18H21BrN2O4. The number of carbonyl (C=O) groups is 2. The van der Waals surface area contributed by atoms with Crippen molar-refractivity contribution in [1.29, 1.82) is 0 Å². The molecule has 0 aliphatic rings. The molecule has 2 amide bonds. The number of hydrogen-bond acceptors (Lipinski definition) is 4. The van der Waals surface area contributed by atoms with Crippen LogP contribution in [0.25, 0.3) is 0 Å². The minimum Gasteiger partial charge on any atom is -0.507 e. The number of amides is 2. The number of carbonyl (C=O) groups excluding carboxylic acids is 2. The number of rotatable bonds is 4. The second kappa shape index (κ2) is 9.08. The first-order valence-electron chi connectivity index (χ1n) is 7.51. The summed E-state index contributed by atoms with van der Waals surface area (Å²) in [5.74, 6) is -0.858. The Balaban J connectivity index is 0.000000257. The molecule has 6 nitrogen and oxygen atoms in total. The lowest BCUT2D eigenvalue weighted by Crippen LogP contribution is -2.11. The van der Waals surface area contributed by atoms with Crippen molar-refractivity contribution in [1.82, 2.24) is 0 Å². The van der Waals surface area contributed by atoms with E-state index in [9.17, 15) is 14.7 Å². The molecule has 0 aromatic heterocycles. The smallest absolute Gasteiger partial charge is 0.252 e. The van der Waals surface area contributed by atoms with Crippen molar-refractivity contribution in [3.8, 4) is 11.5 Å². The Morgan fingerprint density at radius 3 is 1.88 bits per heavy atom. The van der Waals surface area contributed by atoms with Crippen LogP contribution in [0.3, 0.4) is 0 Å². The van der Waals surface area contributed by atoms with Crippen LogP contribution in [0.5, 0.6) is 11.5 Å². The van der Waals surface area contributed by atoms with Crippen molar-refractivity contribution in [2.24, 2.45) is 17.4 Å². The van der Waals surface area contributed by atoms with Gasteiger partial charge in [-0.25, -0.2) is 0 Å². The lowest BCUT2D eigenvalue weighted by molar-refractivity contribution is 0.0988. The zero-order valence-electron chi connectivity index (χ0n) is 14.0. The van der Waals surface area contributed by atoms with Crippen molar-refractivity contribution in [2.75, 3.05) is 0 Å². The van der Waals surface area contributed by atoms with E-state index in [-0.39, 0.29) is 22.6 Å². The predicted molar refractivity (Wildman–Crippen MR) is 99.5 cm³/mol. The van der Waals surface area contributed by atoms with Gasteiger partial charge < -0.3 is 21.7 Å². The van der Waals surface area contributed by atoms with E-state index in [0.29, 0.717) is 10.4 Å². The second-order valence-corrected chi connectivity index (χ2v) is 6.76. The van der Waals surface area contributed by atoms with Crippen molar-refractivity contribution in [3.63, 3.8) is 0 Å². The van der Waals surface area contributed by atoms with E-state index in [4.69, 9.17) is 16.6 Å². The second-order valence-electron chi connectivity index (χ2n) is 5.84. The summed E-state index contributed by atoms with van der Waals surface area (Å²) in [5, 5.41) is 18.4. The van der Waals surface area contributed by atoms with Crippen molar-refractivity contribution >= 4 is 27.7 Å². The van der Waals surface area contributed by atoms with E-state index in [1.54, 1.807) is 12.1 Å². The van der Waals surface area contributed by atoms with Crippen molar-refractivity contribution in [3.05, 3.63) is 57.6 Å². The van der Waals surface area contributed by atoms with E-state index in [1.807, 2.05) is 6.07 Å². The summed E-state index contributed by atoms with van der Waals surface area (Å²) in [6.45, 7) is 4.19. The number of benzene rings is 2. The highest BCUT2D eigenvalue weighted by Crippen LogP contribution is 2.21. The van der Waals surface area contributed by atoms with Gasteiger partial charge in [0.25, 0.3) is 11.8 Å². The molecule has 2 rings (SSSR count). The van der Waals surface area contributed by atoms with Crippen molar-refractivity contribution < 1.29 is 19.8 Å². The third-order valence-corrected chi connectivity index (χ3v) is 3.69. The molecule has 0 spiro atoms. The molecule has 0 unspecified atom stereocenters. The molecule has 7 heteroatoms. The molecule has 0 atom stereocenters. The average Bonchev–Trinajstić information content (AvgIpc) is 2.51. The topological polar surface area (TPSA) is 127 Å². The minimum atomic E-state index is -0.635. The molecule has 6 N–H and O–H groups in total. The first-order chi connectivity index (χ1) is 11.6.